The fourth-order valence-corrected chi connectivity index (χ4v) is 5.50. The minimum Gasteiger partial charge on any atom is -0.478 e. The van der Waals surface area contributed by atoms with Crippen LogP contribution in [0.25, 0.3) is 0 Å². The molecule has 0 aliphatic rings. The Morgan fingerprint density at radius 2 is 1.29 bits per heavy atom. The molecule has 5 heteroatoms. The summed E-state index contributed by atoms with van der Waals surface area (Å²) in [6.07, 6.45) is 6.98. The van der Waals surface area contributed by atoms with Crippen LogP contribution in [0.2, 0.25) is 10.0 Å². The number of carbonyl (C=O) groups is 2. The first-order valence-electron chi connectivity index (χ1n) is 6.18. The van der Waals surface area contributed by atoms with E-state index in [0.29, 0.717) is 12.2 Å². The van der Waals surface area contributed by atoms with Crippen molar-refractivity contribution >= 4 is 11.9 Å². The van der Waals surface area contributed by atoms with Crippen LogP contribution in [0.4, 0.5) is 0 Å². The first-order valence-corrected chi connectivity index (χ1v) is 10.4. The van der Waals surface area contributed by atoms with Gasteiger partial charge in [0.05, 0.1) is 0 Å². The van der Waals surface area contributed by atoms with Crippen molar-refractivity contribution in [1.82, 2.24) is 0 Å². The van der Waals surface area contributed by atoms with Gasteiger partial charge in [0, 0.05) is 12.2 Å². The SMILES string of the molecule is CCC[CH2][Zn][CH2]CCC.O=C(O)/C=C\C(=O)O. The molecule has 0 saturated carbocycles. The number of hydrogen-bond donors (Lipinski definition) is 2. The molecule has 0 spiro atoms. The van der Waals surface area contributed by atoms with Crippen LogP contribution in [-0.4, -0.2) is 22.2 Å². The predicted molar refractivity (Wildman–Crippen MR) is 63.8 cm³/mol. The molecule has 0 aliphatic heterocycles. The van der Waals surface area contributed by atoms with Gasteiger partial charge < -0.3 is 10.2 Å². The molecule has 0 unspecified atom stereocenters. The second-order valence-electron chi connectivity index (χ2n) is 3.78. The number of hydrogen-bond acceptors (Lipinski definition) is 2. The van der Waals surface area contributed by atoms with E-state index < -0.39 is 11.9 Å². The Bertz CT molecular complexity index is 205. The molecule has 0 heterocycles. The van der Waals surface area contributed by atoms with Gasteiger partial charge in [0.1, 0.15) is 0 Å². The van der Waals surface area contributed by atoms with Gasteiger partial charge in [-0.25, -0.2) is 9.59 Å². The maximum absolute atomic E-state index is 9.55. The molecule has 4 nitrogen and oxygen atoms in total. The molecule has 0 saturated heterocycles. The summed E-state index contributed by atoms with van der Waals surface area (Å²) < 4.78 is 0. The topological polar surface area (TPSA) is 74.6 Å². The summed E-state index contributed by atoms with van der Waals surface area (Å²) in [5, 5.41) is 18.9. The van der Waals surface area contributed by atoms with Crippen LogP contribution < -0.4 is 0 Å². The van der Waals surface area contributed by atoms with Crippen LogP contribution in [-0.2, 0) is 26.7 Å². The van der Waals surface area contributed by atoms with Gasteiger partial charge in [-0.3, -0.25) is 0 Å². The number of carboxylic acids is 2. The third-order valence-electron chi connectivity index (χ3n) is 2.08. The van der Waals surface area contributed by atoms with E-state index in [9.17, 15) is 9.59 Å². The smallest absolute Gasteiger partial charge is 0.328 e. The summed E-state index contributed by atoms with van der Waals surface area (Å²) in [6, 6.07) is 0. The van der Waals surface area contributed by atoms with E-state index in [1.165, 1.54) is 25.7 Å². The number of rotatable bonds is 8. The fourth-order valence-electron chi connectivity index (χ4n) is 1.17. The van der Waals surface area contributed by atoms with E-state index in [2.05, 4.69) is 13.8 Å². The van der Waals surface area contributed by atoms with E-state index in [-0.39, 0.29) is 17.1 Å². The normalized spacial score (nSPS) is 9.29. The van der Waals surface area contributed by atoms with Gasteiger partial charge in [0.25, 0.3) is 0 Å². The standard InChI is InChI=1S/C4H4O4.2C4H9.Zn/c5-3(6)1-2-4(7)8;2*1-3-4-2;/h1-2H,(H,5,6)(H,7,8);2*1,3-4H2,2H3;/b2-1-;;;. The second-order valence-corrected chi connectivity index (χ2v) is 8.23. The van der Waals surface area contributed by atoms with Gasteiger partial charge in [0.2, 0.25) is 0 Å². The monoisotopic (exact) mass is 294 g/mol. The van der Waals surface area contributed by atoms with Crippen molar-refractivity contribution in [3.63, 3.8) is 0 Å². The Morgan fingerprint density at radius 1 is 0.941 bits per heavy atom. The number of carboxylic acid groups (broad SMARTS) is 2. The Hall–Kier alpha value is -0.697. The summed E-state index contributed by atoms with van der Waals surface area (Å²) in [4.78, 5) is 19.1. The molecular weight excluding hydrogens is 274 g/mol. The Morgan fingerprint density at radius 3 is 1.53 bits per heavy atom. The van der Waals surface area contributed by atoms with Gasteiger partial charge in [-0.05, 0) is 0 Å². The molecular formula is C12H22O4Zn. The average Bonchev–Trinajstić information content (AvgIpc) is 2.27. The van der Waals surface area contributed by atoms with Crippen molar-refractivity contribution in [3.05, 3.63) is 12.2 Å². The summed E-state index contributed by atoms with van der Waals surface area (Å²) in [5.74, 6) is -2.51. The van der Waals surface area contributed by atoms with Gasteiger partial charge in [0.15, 0.2) is 0 Å². The largest absolute Gasteiger partial charge is 0.478 e. The molecule has 0 aromatic rings. The van der Waals surface area contributed by atoms with Crippen molar-refractivity contribution in [2.75, 3.05) is 0 Å². The van der Waals surface area contributed by atoms with Gasteiger partial charge >= 0.3 is 78.6 Å². The van der Waals surface area contributed by atoms with E-state index in [1.807, 2.05) is 0 Å². The van der Waals surface area contributed by atoms with Gasteiger partial charge in [-0.1, -0.05) is 0 Å². The molecule has 2 N–H and O–H groups in total. The van der Waals surface area contributed by atoms with Crippen LogP contribution in [0.1, 0.15) is 39.5 Å². The van der Waals surface area contributed by atoms with Crippen molar-refractivity contribution in [1.29, 1.82) is 0 Å². The molecule has 17 heavy (non-hydrogen) atoms. The number of unbranched alkanes of at least 4 members (excludes halogenated alkanes) is 2. The minimum absolute atomic E-state index is 0.0146. The van der Waals surface area contributed by atoms with Crippen molar-refractivity contribution in [3.8, 4) is 0 Å². The third kappa shape index (κ3) is 25.5. The quantitative estimate of drug-likeness (QED) is 0.409. The predicted octanol–water partition coefficient (Wildman–Crippen LogP) is 3.22. The third-order valence-corrected chi connectivity index (χ3v) is 6.27. The van der Waals surface area contributed by atoms with Gasteiger partial charge in [-0.15, -0.1) is 0 Å². The summed E-state index contributed by atoms with van der Waals surface area (Å²) in [5.41, 5.74) is 0. The Kier molecular flexibility index (Phi) is 16.8. The van der Waals surface area contributed by atoms with Crippen molar-refractivity contribution < 1.29 is 36.9 Å². The summed E-state index contributed by atoms with van der Waals surface area (Å²) >= 11 is 0.0146. The summed E-state index contributed by atoms with van der Waals surface area (Å²) in [6.45, 7) is 4.59. The maximum Gasteiger partial charge on any atom is 0.328 e. The molecule has 0 fully saturated rings. The van der Waals surface area contributed by atoms with Gasteiger partial charge in [-0.2, -0.15) is 0 Å². The first-order chi connectivity index (χ1) is 8.04. The average molecular weight is 296 g/mol. The summed E-state index contributed by atoms with van der Waals surface area (Å²) in [7, 11) is 0. The van der Waals surface area contributed by atoms with Crippen LogP contribution in [0.15, 0.2) is 12.2 Å². The zero-order chi connectivity index (χ0) is 13.5. The fraction of sp³-hybridized carbons (Fsp3) is 0.667. The second kappa shape index (κ2) is 15.3. The van der Waals surface area contributed by atoms with Crippen molar-refractivity contribution in [2.24, 2.45) is 0 Å². The molecule has 96 valence electrons. The van der Waals surface area contributed by atoms with E-state index in [0.717, 1.165) is 0 Å². The van der Waals surface area contributed by atoms with E-state index in [1.54, 1.807) is 10.0 Å². The minimum atomic E-state index is -1.26. The zero-order valence-corrected chi connectivity index (χ0v) is 13.8. The zero-order valence-electron chi connectivity index (χ0n) is 10.8. The van der Waals surface area contributed by atoms with Crippen LogP contribution in [0.5, 0.6) is 0 Å². The molecule has 0 rings (SSSR count). The van der Waals surface area contributed by atoms with Crippen LogP contribution in [0.3, 0.4) is 0 Å². The Labute approximate surface area is 111 Å². The molecule has 0 aliphatic carbocycles. The van der Waals surface area contributed by atoms with Crippen LogP contribution in [0, 0.1) is 0 Å². The maximum atomic E-state index is 9.55. The van der Waals surface area contributed by atoms with Crippen molar-refractivity contribution in [2.45, 2.75) is 49.6 Å². The molecule has 0 radical (unpaired) electrons. The molecule has 0 atom stereocenters. The number of aliphatic carboxylic acids is 2. The molecule has 0 aromatic heterocycles. The molecule has 0 aromatic carbocycles. The molecule has 0 bridgehead atoms. The Balaban J connectivity index is 0. The van der Waals surface area contributed by atoms with E-state index >= 15 is 0 Å². The van der Waals surface area contributed by atoms with Crippen LogP contribution >= 0.6 is 0 Å². The first kappa shape index (κ1) is 18.7. The molecule has 0 amide bonds. The van der Waals surface area contributed by atoms with E-state index in [4.69, 9.17) is 10.2 Å².